The van der Waals surface area contributed by atoms with Gasteiger partial charge in [-0.15, -0.1) is 0 Å². The molecule has 0 unspecified atom stereocenters. The van der Waals surface area contributed by atoms with Gasteiger partial charge in [-0.3, -0.25) is 19.7 Å². The van der Waals surface area contributed by atoms with Crippen molar-refractivity contribution in [3.05, 3.63) is 45.5 Å². The molecule has 10 nitrogen and oxygen atoms in total. The van der Waals surface area contributed by atoms with Gasteiger partial charge in [0.15, 0.2) is 0 Å². The van der Waals surface area contributed by atoms with Crippen molar-refractivity contribution >= 4 is 29.1 Å². The van der Waals surface area contributed by atoms with Crippen molar-refractivity contribution in [1.82, 2.24) is 4.90 Å². The second-order valence-corrected chi connectivity index (χ2v) is 4.94. The molecule has 0 N–H and O–H groups in total. The van der Waals surface area contributed by atoms with Gasteiger partial charge < -0.3 is 15.2 Å². The molecule has 1 aliphatic rings. The third-order valence-electron chi connectivity index (χ3n) is 3.36. The largest absolute Gasteiger partial charge is 0.452 e. The van der Waals surface area contributed by atoms with E-state index < -0.39 is 22.4 Å². The summed E-state index contributed by atoms with van der Waals surface area (Å²) in [5, 5.41) is 10.5. The summed E-state index contributed by atoms with van der Waals surface area (Å²) < 4.78 is 4.84. The minimum Gasteiger partial charge on any atom is -0.452 e. The SMILES string of the molecule is [N-]=[N+]=C(C(=O)CN1CCC1=O)C(=O)OCc1ccc([N+](=O)[O-])cc1. The molecule has 1 saturated heterocycles. The Morgan fingerprint density at radius 1 is 1.33 bits per heavy atom. The zero-order chi connectivity index (χ0) is 17.7. The van der Waals surface area contributed by atoms with Gasteiger partial charge in [0.2, 0.25) is 5.91 Å². The van der Waals surface area contributed by atoms with Crippen molar-refractivity contribution in [3.63, 3.8) is 0 Å². The number of Topliss-reactive ketones (excluding diaryl/α,β-unsaturated/α-hetero) is 1. The Labute approximate surface area is 135 Å². The van der Waals surface area contributed by atoms with Crippen molar-refractivity contribution in [1.29, 1.82) is 0 Å². The third-order valence-corrected chi connectivity index (χ3v) is 3.36. The molecule has 0 aliphatic carbocycles. The Hall–Kier alpha value is -3.39. The van der Waals surface area contributed by atoms with E-state index in [1.54, 1.807) is 0 Å². The minimum atomic E-state index is -1.14. The molecule has 0 aromatic heterocycles. The highest BCUT2D eigenvalue weighted by Gasteiger charge is 2.35. The van der Waals surface area contributed by atoms with Gasteiger partial charge in [-0.05, 0) is 17.7 Å². The van der Waals surface area contributed by atoms with Gasteiger partial charge in [0.25, 0.3) is 11.5 Å². The molecular weight excluding hydrogens is 320 g/mol. The van der Waals surface area contributed by atoms with Crippen molar-refractivity contribution in [2.24, 2.45) is 0 Å². The average molecular weight is 332 g/mol. The Balaban J connectivity index is 1.92. The lowest BCUT2D eigenvalue weighted by atomic mass is 10.1. The maximum atomic E-state index is 11.8. The molecule has 1 aliphatic heterocycles. The second-order valence-electron chi connectivity index (χ2n) is 4.94. The van der Waals surface area contributed by atoms with E-state index in [9.17, 15) is 24.5 Å². The fourth-order valence-electron chi connectivity index (χ4n) is 1.92. The van der Waals surface area contributed by atoms with Crippen LogP contribution in [-0.4, -0.2) is 51.1 Å². The van der Waals surface area contributed by atoms with E-state index in [0.717, 1.165) is 0 Å². The molecule has 124 valence electrons. The van der Waals surface area contributed by atoms with Gasteiger partial charge in [-0.25, -0.2) is 4.79 Å². The van der Waals surface area contributed by atoms with Crippen LogP contribution in [-0.2, 0) is 25.7 Å². The van der Waals surface area contributed by atoms with Crippen molar-refractivity contribution < 1.29 is 28.8 Å². The van der Waals surface area contributed by atoms with Gasteiger partial charge in [0, 0.05) is 25.1 Å². The topological polar surface area (TPSA) is 143 Å². The van der Waals surface area contributed by atoms with Gasteiger partial charge in [-0.1, -0.05) is 0 Å². The number of benzene rings is 1. The Bertz CT molecular complexity index is 751. The number of ketones is 1. The first-order valence-corrected chi connectivity index (χ1v) is 6.86. The number of ether oxygens (including phenoxy) is 1. The van der Waals surface area contributed by atoms with Crippen molar-refractivity contribution in [2.75, 3.05) is 13.1 Å². The minimum absolute atomic E-state index is 0.114. The number of hydrogen-bond donors (Lipinski definition) is 0. The predicted octanol–water partition coefficient (Wildman–Crippen LogP) is 0.110. The van der Waals surface area contributed by atoms with Crippen LogP contribution in [0.25, 0.3) is 5.53 Å². The lowest BCUT2D eigenvalue weighted by Gasteiger charge is -2.28. The van der Waals surface area contributed by atoms with E-state index in [1.165, 1.54) is 29.2 Å². The Morgan fingerprint density at radius 2 is 2.00 bits per heavy atom. The van der Waals surface area contributed by atoms with E-state index in [-0.39, 0.29) is 24.7 Å². The van der Waals surface area contributed by atoms with Crippen LogP contribution in [0.15, 0.2) is 24.3 Å². The molecule has 0 radical (unpaired) electrons. The summed E-state index contributed by atoms with van der Waals surface area (Å²) in [7, 11) is 0. The van der Waals surface area contributed by atoms with Crippen LogP contribution < -0.4 is 0 Å². The van der Waals surface area contributed by atoms with Crippen molar-refractivity contribution in [3.8, 4) is 0 Å². The van der Waals surface area contributed by atoms with Crippen molar-refractivity contribution in [2.45, 2.75) is 13.0 Å². The maximum absolute atomic E-state index is 11.8. The molecule has 10 heteroatoms. The summed E-state index contributed by atoms with van der Waals surface area (Å²) in [6.45, 7) is -0.211. The molecule has 2 rings (SSSR count). The van der Waals surface area contributed by atoms with Gasteiger partial charge >= 0.3 is 11.7 Å². The summed E-state index contributed by atoms with van der Waals surface area (Å²) in [5.41, 5.74) is 8.35. The first kappa shape index (κ1) is 17.0. The molecule has 1 aromatic carbocycles. The van der Waals surface area contributed by atoms with Crippen LogP contribution in [0, 0.1) is 10.1 Å². The molecule has 1 fully saturated rings. The highest BCUT2D eigenvalue weighted by atomic mass is 16.6. The van der Waals surface area contributed by atoms with E-state index in [1.807, 2.05) is 0 Å². The number of amides is 1. The Kier molecular flexibility index (Phi) is 5.13. The zero-order valence-electron chi connectivity index (χ0n) is 12.4. The lowest BCUT2D eigenvalue weighted by Crippen LogP contribution is -2.48. The molecule has 0 saturated carbocycles. The number of non-ortho nitro benzene ring substituents is 1. The average Bonchev–Trinajstić information content (AvgIpc) is 2.57. The zero-order valence-corrected chi connectivity index (χ0v) is 12.4. The quantitative estimate of drug-likeness (QED) is 0.101. The van der Waals surface area contributed by atoms with Gasteiger partial charge in [-0.2, -0.15) is 4.79 Å². The number of carbonyl (C=O) groups is 3. The summed E-state index contributed by atoms with van der Waals surface area (Å²) in [5.74, 6) is -2.20. The molecule has 1 aromatic rings. The number of nitro groups is 1. The molecular formula is C14H12N4O6. The maximum Gasteiger partial charge on any atom is 0.443 e. The van der Waals surface area contributed by atoms with E-state index in [4.69, 9.17) is 10.3 Å². The second kappa shape index (κ2) is 7.25. The van der Waals surface area contributed by atoms with Gasteiger partial charge in [0.05, 0.1) is 11.5 Å². The highest BCUT2D eigenvalue weighted by molar-refractivity contribution is 6.62. The fraction of sp³-hybridized carbons (Fsp3) is 0.286. The third kappa shape index (κ3) is 3.87. The number of likely N-dealkylation sites (tertiary alicyclic amines) is 1. The van der Waals surface area contributed by atoms with E-state index in [2.05, 4.69) is 4.79 Å². The molecule has 0 atom stereocenters. The first-order chi connectivity index (χ1) is 11.4. The molecule has 1 amide bonds. The summed E-state index contributed by atoms with van der Waals surface area (Å²) in [6.07, 6.45) is 0.337. The first-order valence-electron chi connectivity index (χ1n) is 6.86. The number of hydrogen-bond acceptors (Lipinski definition) is 6. The van der Waals surface area contributed by atoms with Crippen LogP contribution in [0.2, 0.25) is 0 Å². The number of rotatable bonds is 7. The lowest BCUT2D eigenvalue weighted by molar-refractivity contribution is -0.384. The monoisotopic (exact) mass is 332 g/mol. The van der Waals surface area contributed by atoms with Crippen LogP contribution in [0.1, 0.15) is 12.0 Å². The normalized spacial score (nSPS) is 12.8. The highest BCUT2D eigenvalue weighted by Crippen LogP contribution is 2.13. The van der Waals surface area contributed by atoms with Crippen LogP contribution in [0.3, 0.4) is 0 Å². The van der Waals surface area contributed by atoms with Crippen LogP contribution >= 0.6 is 0 Å². The predicted molar refractivity (Wildman–Crippen MR) is 77.7 cm³/mol. The summed E-state index contributed by atoms with van der Waals surface area (Å²) in [6, 6.07) is 5.26. The number of nitrogens with zero attached hydrogens (tertiary/aromatic N) is 4. The smallest absolute Gasteiger partial charge is 0.443 e. The van der Waals surface area contributed by atoms with Crippen LogP contribution in [0.5, 0.6) is 0 Å². The Morgan fingerprint density at radius 3 is 2.46 bits per heavy atom. The standard InChI is InChI=1S/C14H12N4O6/c15-16-13(11(19)7-17-6-5-12(17)20)14(21)24-8-9-1-3-10(4-2-9)18(22)23/h1-4H,5-8H2. The van der Waals surface area contributed by atoms with Gasteiger partial charge in [0.1, 0.15) is 6.61 Å². The number of β-lactam (4-membered cyclic amide) rings is 1. The summed E-state index contributed by atoms with van der Waals surface area (Å²) >= 11 is 0. The van der Waals surface area contributed by atoms with E-state index >= 15 is 0 Å². The number of nitro benzene ring substituents is 1. The fourth-order valence-corrected chi connectivity index (χ4v) is 1.92. The molecule has 24 heavy (non-hydrogen) atoms. The number of carbonyl (C=O) groups excluding carboxylic acids is 3. The van der Waals surface area contributed by atoms with Crippen LogP contribution in [0.4, 0.5) is 5.69 Å². The summed E-state index contributed by atoms with van der Waals surface area (Å²) in [4.78, 5) is 48.6. The molecule has 0 bridgehead atoms. The molecule has 0 spiro atoms. The van der Waals surface area contributed by atoms with E-state index in [0.29, 0.717) is 18.5 Å². The number of esters is 1. The molecule has 1 heterocycles.